The first-order chi connectivity index (χ1) is 14.0. The highest BCUT2D eigenvalue weighted by molar-refractivity contribution is 7.80. The average Bonchev–Trinajstić information content (AvgIpc) is 3.17. The van der Waals surface area contributed by atoms with E-state index in [0.717, 1.165) is 18.8 Å². The van der Waals surface area contributed by atoms with E-state index in [2.05, 4.69) is 34.4 Å². The fraction of sp³-hybridized carbons (Fsp3) is 0.190. The van der Waals surface area contributed by atoms with Gasteiger partial charge in [-0.25, -0.2) is 4.98 Å². The normalized spacial score (nSPS) is 10.4. The van der Waals surface area contributed by atoms with Gasteiger partial charge in [0.05, 0.1) is 5.69 Å². The van der Waals surface area contributed by atoms with E-state index in [0.29, 0.717) is 22.0 Å². The number of para-hydroxylation sites is 1. The summed E-state index contributed by atoms with van der Waals surface area (Å²) in [6, 6.07) is 14.4. The minimum atomic E-state index is -0.286. The molecule has 0 aliphatic carbocycles. The molecule has 1 aromatic heterocycles. The van der Waals surface area contributed by atoms with Gasteiger partial charge in [0.2, 0.25) is 0 Å². The summed E-state index contributed by atoms with van der Waals surface area (Å²) in [6.07, 6.45) is 0. The fourth-order valence-corrected chi connectivity index (χ4v) is 3.83. The van der Waals surface area contributed by atoms with E-state index in [-0.39, 0.29) is 16.8 Å². The lowest BCUT2D eigenvalue weighted by Crippen LogP contribution is -2.34. The topological polar surface area (TPSA) is 77.5 Å². The number of nitrogens with zero attached hydrogens (tertiary/aromatic N) is 2. The average molecular weight is 427 g/mol. The Kier molecular flexibility index (Phi) is 6.79. The third-order valence-corrected chi connectivity index (χ3v) is 5.35. The molecule has 0 aliphatic rings. The highest BCUT2D eigenvalue weighted by atomic mass is 32.1. The number of anilines is 2. The second-order valence-electron chi connectivity index (χ2n) is 6.18. The van der Waals surface area contributed by atoms with Crippen LogP contribution in [0.1, 0.15) is 24.2 Å². The second-order valence-corrected chi connectivity index (χ2v) is 7.45. The number of benzene rings is 2. The Bertz CT molecular complexity index is 998. The Hall–Kier alpha value is -2.97. The van der Waals surface area contributed by atoms with E-state index < -0.39 is 0 Å². The van der Waals surface area contributed by atoms with E-state index in [1.165, 1.54) is 11.3 Å². The SMILES string of the molecule is CCN(CC)c1ccc(C(=O)NC(=S)Nc2nc(-c3ccccc3O)cs2)cc1. The summed E-state index contributed by atoms with van der Waals surface area (Å²) in [7, 11) is 0. The smallest absolute Gasteiger partial charge is 0.257 e. The first-order valence-corrected chi connectivity index (χ1v) is 10.5. The molecule has 2 aromatic carbocycles. The highest BCUT2D eigenvalue weighted by Crippen LogP contribution is 2.31. The largest absolute Gasteiger partial charge is 0.507 e. The third-order valence-electron chi connectivity index (χ3n) is 4.39. The Morgan fingerprint density at radius 2 is 1.83 bits per heavy atom. The van der Waals surface area contributed by atoms with Gasteiger partial charge in [-0.15, -0.1) is 11.3 Å². The number of hydrogen-bond acceptors (Lipinski definition) is 6. The summed E-state index contributed by atoms with van der Waals surface area (Å²) in [5.41, 5.74) is 2.88. The molecule has 0 unspecified atom stereocenters. The molecule has 6 nitrogen and oxygen atoms in total. The van der Waals surface area contributed by atoms with Gasteiger partial charge in [-0.3, -0.25) is 10.1 Å². The number of phenolic OH excluding ortho intramolecular Hbond substituents is 1. The van der Waals surface area contributed by atoms with Gasteiger partial charge in [0.15, 0.2) is 10.2 Å². The summed E-state index contributed by atoms with van der Waals surface area (Å²) < 4.78 is 0. The van der Waals surface area contributed by atoms with Crippen molar-refractivity contribution in [3.63, 3.8) is 0 Å². The van der Waals surface area contributed by atoms with Crippen LogP contribution in [0.25, 0.3) is 11.3 Å². The van der Waals surface area contributed by atoms with Crippen molar-refractivity contribution in [2.24, 2.45) is 0 Å². The minimum Gasteiger partial charge on any atom is -0.507 e. The molecule has 0 spiro atoms. The molecule has 3 aromatic rings. The van der Waals surface area contributed by atoms with Crippen molar-refractivity contribution in [1.82, 2.24) is 10.3 Å². The Morgan fingerprint density at radius 1 is 1.14 bits per heavy atom. The number of thiocarbonyl (C=S) groups is 1. The molecule has 0 bridgehead atoms. The number of aromatic hydroxyl groups is 1. The lowest BCUT2D eigenvalue weighted by Gasteiger charge is -2.21. The van der Waals surface area contributed by atoms with E-state index in [9.17, 15) is 9.90 Å². The van der Waals surface area contributed by atoms with Crippen molar-refractivity contribution in [1.29, 1.82) is 0 Å². The quantitative estimate of drug-likeness (QED) is 0.504. The maximum atomic E-state index is 12.4. The van der Waals surface area contributed by atoms with Crippen molar-refractivity contribution in [3.05, 3.63) is 59.5 Å². The van der Waals surface area contributed by atoms with Crippen LogP contribution in [-0.4, -0.2) is 34.2 Å². The van der Waals surface area contributed by atoms with Crippen molar-refractivity contribution < 1.29 is 9.90 Å². The minimum absolute atomic E-state index is 0.161. The maximum absolute atomic E-state index is 12.4. The van der Waals surface area contributed by atoms with Crippen LogP contribution < -0.4 is 15.5 Å². The Balaban J connectivity index is 1.61. The molecule has 150 valence electrons. The van der Waals surface area contributed by atoms with E-state index in [4.69, 9.17) is 12.2 Å². The van der Waals surface area contributed by atoms with Crippen LogP contribution in [0.4, 0.5) is 10.8 Å². The molecule has 0 aliphatic heterocycles. The van der Waals surface area contributed by atoms with E-state index >= 15 is 0 Å². The zero-order valence-corrected chi connectivity index (χ0v) is 17.8. The fourth-order valence-electron chi connectivity index (χ4n) is 2.86. The van der Waals surface area contributed by atoms with E-state index in [1.807, 2.05) is 23.6 Å². The second kappa shape index (κ2) is 9.49. The van der Waals surface area contributed by atoms with Gasteiger partial charge in [-0.1, -0.05) is 12.1 Å². The van der Waals surface area contributed by atoms with Gasteiger partial charge in [0, 0.05) is 35.3 Å². The van der Waals surface area contributed by atoms with Gasteiger partial charge >= 0.3 is 0 Å². The van der Waals surface area contributed by atoms with Crippen molar-refractivity contribution in [2.45, 2.75) is 13.8 Å². The number of aromatic nitrogens is 1. The molecule has 0 fully saturated rings. The molecule has 1 amide bonds. The number of hydrogen-bond donors (Lipinski definition) is 3. The first kappa shape index (κ1) is 20.8. The summed E-state index contributed by atoms with van der Waals surface area (Å²) in [4.78, 5) is 19.1. The van der Waals surface area contributed by atoms with Crippen molar-refractivity contribution in [2.75, 3.05) is 23.3 Å². The molecule has 8 heteroatoms. The van der Waals surface area contributed by atoms with Crippen LogP contribution in [0.3, 0.4) is 0 Å². The molecule has 0 radical (unpaired) electrons. The molecule has 3 rings (SSSR count). The Labute approximate surface area is 179 Å². The number of carbonyl (C=O) groups excluding carboxylic acids is 1. The number of amides is 1. The lowest BCUT2D eigenvalue weighted by molar-refractivity contribution is 0.0977. The van der Waals surface area contributed by atoms with Crippen LogP contribution in [0.15, 0.2) is 53.9 Å². The molecule has 29 heavy (non-hydrogen) atoms. The van der Waals surface area contributed by atoms with Gasteiger partial charge < -0.3 is 15.3 Å². The molecule has 3 N–H and O–H groups in total. The summed E-state index contributed by atoms with van der Waals surface area (Å²) >= 11 is 6.57. The molecule has 0 saturated carbocycles. The van der Waals surface area contributed by atoms with Gasteiger partial charge in [0.25, 0.3) is 5.91 Å². The van der Waals surface area contributed by atoms with Crippen molar-refractivity contribution >= 4 is 45.4 Å². The lowest BCUT2D eigenvalue weighted by atomic mass is 10.1. The molecular formula is C21H22N4O2S2. The van der Waals surface area contributed by atoms with Gasteiger partial charge in [0.1, 0.15) is 5.75 Å². The highest BCUT2D eigenvalue weighted by Gasteiger charge is 2.12. The van der Waals surface area contributed by atoms with Crippen molar-refractivity contribution in [3.8, 4) is 17.0 Å². The third kappa shape index (κ3) is 5.10. The summed E-state index contributed by atoms with van der Waals surface area (Å²) in [5, 5.41) is 18.0. The number of phenols is 1. The number of nitrogens with one attached hydrogen (secondary N) is 2. The first-order valence-electron chi connectivity index (χ1n) is 9.23. The van der Waals surface area contributed by atoms with Crippen LogP contribution in [-0.2, 0) is 0 Å². The van der Waals surface area contributed by atoms with Crippen LogP contribution in [0, 0.1) is 0 Å². The number of thiazole rings is 1. The number of carbonyl (C=O) groups is 1. The zero-order valence-electron chi connectivity index (χ0n) is 16.2. The maximum Gasteiger partial charge on any atom is 0.257 e. The summed E-state index contributed by atoms with van der Waals surface area (Å²) in [5.74, 6) is -0.125. The van der Waals surface area contributed by atoms with Gasteiger partial charge in [-0.2, -0.15) is 0 Å². The monoisotopic (exact) mass is 426 g/mol. The predicted octanol–water partition coefficient (Wildman–Crippen LogP) is 4.49. The Morgan fingerprint density at radius 3 is 2.48 bits per heavy atom. The zero-order chi connectivity index (χ0) is 20.8. The predicted molar refractivity (Wildman–Crippen MR) is 123 cm³/mol. The molecule has 0 atom stereocenters. The summed E-state index contributed by atoms with van der Waals surface area (Å²) in [6.45, 7) is 6.01. The molecular weight excluding hydrogens is 404 g/mol. The van der Waals surface area contributed by atoms with Crippen LogP contribution in [0.2, 0.25) is 0 Å². The number of rotatable bonds is 6. The van der Waals surface area contributed by atoms with Crippen LogP contribution in [0.5, 0.6) is 5.75 Å². The molecule has 0 saturated heterocycles. The van der Waals surface area contributed by atoms with Crippen LogP contribution >= 0.6 is 23.6 Å². The standard InChI is InChI=1S/C21H22N4O2S2/c1-3-25(4-2)15-11-9-14(10-12-15)19(27)23-20(28)24-21-22-17(13-29-21)16-7-5-6-8-18(16)26/h5-13,26H,3-4H2,1-2H3,(H2,22,23,24,27,28). The van der Waals surface area contributed by atoms with E-state index in [1.54, 1.807) is 30.3 Å². The molecule has 1 heterocycles. The van der Waals surface area contributed by atoms with Gasteiger partial charge in [-0.05, 0) is 62.5 Å².